The van der Waals surface area contributed by atoms with Crippen molar-refractivity contribution in [2.45, 2.75) is 19.4 Å². The Balaban J connectivity index is 2.19. The van der Waals surface area contributed by atoms with Gasteiger partial charge in [-0.05, 0) is 6.92 Å². The summed E-state index contributed by atoms with van der Waals surface area (Å²) >= 11 is 0. The van der Waals surface area contributed by atoms with E-state index in [1.54, 1.807) is 0 Å². The molecule has 2 aromatic rings. The number of nitrogens with zero attached hydrogens (tertiary/aromatic N) is 1. The van der Waals surface area contributed by atoms with Gasteiger partial charge in [0.2, 0.25) is 5.71 Å². The summed E-state index contributed by atoms with van der Waals surface area (Å²) in [6, 6.07) is 0. The molecule has 0 aliphatic rings. The number of aliphatic hydroxyl groups excluding tert-OH is 1. The molecule has 21 heavy (non-hydrogen) atoms. The topological polar surface area (TPSA) is 146 Å². The minimum atomic E-state index is -1.56. The first-order valence-electron chi connectivity index (χ1n) is 6.07. The van der Waals surface area contributed by atoms with Gasteiger partial charge >= 0.3 is 5.97 Å². The van der Waals surface area contributed by atoms with E-state index in [-0.39, 0.29) is 35.4 Å². The molecule has 1 amide bonds. The number of nitrogens with one attached hydrogen (secondary N) is 2. The summed E-state index contributed by atoms with van der Waals surface area (Å²) in [6.45, 7) is 1.46. The number of aromatic nitrogens is 2. The predicted octanol–water partition coefficient (Wildman–Crippen LogP) is -0.610. The Morgan fingerprint density at radius 3 is 2.90 bits per heavy atom. The van der Waals surface area contributed by atoms with Crippen LogP contribution in [0.3, 0.4) is 0 Å². The van der Waals surface area contributed by atoms with Crippen molar-refractivity contribution in [3.63, 3.8) is 0 Å². The van der Waals surface area contributed by atoms with Crippen molar-refractivity contribution in [2.24, 2.45) is 0 Å². The Kier molecular flexibility index (Phi) is 4.03. The minimum absolute atomic E-state index is 0.0336. The summed E-state index contributed by atoms with van der Waals surface area (Å²) < 4.78 is 5.23. The monoisotopic (exact) mass is 295 g/mol. The smallest absolute Gasteiger partial charge is 0.332 e. The molecule has 0 aliphatic carbocycles. The number of H-pyrrole nitrogens is 1. The van der Waals surface area contributed by atoms with Crippen LogP contribution in [0, 0.1) is 6.92 Å². The second-order valence-corrected chi connectivity index (χ2v) is 4.34. The van der Waals surface area contributed by atoms with Crippen LogP contribution in [0.15, 0.2) is 15.5 Å². The molecule has 0 saturated heterocycles. The summed E-state index contributed by atoms with van der Waals surface area (Å²) in [5.41, 5.74) is -0.413. The highest BCUT2D eigenvalue weighted by Crippen LogP contribution is 2.20. The van der Waals surface area contributed by atoms with E-state index in [4.69, 9.17) is 14.6 Å². The molecule has 0 unspecified atom stereocenters. The second-order valence-electron chi connectivity index (χ2n) is 4.34. The second kappa shape index (κ2) is 5.75. The summed E-state index contributed by atoms with van der Waals surface area (Å²) in [6.07, 6.45) is -0.541. The van der Waals surface area contributed by atoms with Crippen LogP contribution < -0.4 is 10.9 Å². The number of carbonyl (C=O) groups is 2. The summed E-state index contributed by atoms with van der Waals surface area (Å²) in [4.78, 5) is 40.4. The number of aromatic amines is 1. The SMILES string of the molecule is Cc1oc2nc[nH]c(=O)c2c1C(=O)NCC[C@H](O)C(=O)O. The number of aliphatic hydroxyl groups is 1. The predicted molar refractivity (Wildman–Crippen MR) is 70.0 cm³/mol. The lowest BCUT2D eigenvalue weighted by molar-refractivity contribution is -0.146. The van der Waals surface area contributed by atoms with E-state index in [1.165, 1.54) is 13.3 Å². The lowest BCUT2D eigenvalue weighted by atomic mass is 10.1. The molecule has 0 aliphatic heterocycles. The normalized spacial score (nSPS) is 12.3. The van der Waals surface area contributed by atoms with Gasteiger partial charge < -0.3 is 24.9 Å². The molecule has 9 heteroatoms. The molecule has 0 aromatic carbocycles. The average molecular weight is 295 g/mol. The maximum atomic E-state index is 12.1. The van der Waals surface area contributed by atoms with Gasteiger partial charge in [0.15, 0.2) is 6.10 Å². The average Bonchev–Trinajstić information content (AvgIpc) is 2.75. The largest absolute Gasteiger partial charge is 0.479 e. The summed E-state index contributed by atoms with van der Waals surface area (Å²) in [5, 5.41) is 20.1. The van der Waals surface area contributed by atoms with Crippen molar-refractivity contribution in [3.05, 3.63) is 28.0 Å². The van der Waals surface area contributed by atoms with E-state index in [9.17, 15) is 14.4 Å². The van der Waals surface area contributed by atoms with Crippen LogP contribution in [0.4, 0.5) is 0 Å². The lowest BCUT2D eigenvalue weighted by Crippen LogP contribution is -2.30. The fourth-order valence-corrected chi connectivity index (χ4v) is 1.86. The van der Waals surface area contributed by atoms with Crippen molar-refractivity contribution < 1.29 is 24.2 Å². The highest BCUT2D eigenvalue weighted by Gasteiger charge is 2.22. The van der Waals surface area contributed by atoms with Crippen LogP contribution in [0.5, 0.6) is 0 Å². The zero-order valence-corrected chi connectivity index (χ0v) is 11.0. The van der Waals surface area contributed by atoms with Gasteiger partial charge in [0.1, 0.15) is 11.1 Å². The van der Waals surface area contributed by atoms with Crippen LogP contribution in [-0.4, -0.2) is 44.7 Å². The van der Waals surface area contributed by atoms with Gasteiger partial charge in [-0.3, -0.25) is 9.59 Å². The number of hydrogen-bond donors (Lipinski definition) is 4. The third-order valence-corrected chi connectivity index (χ3v) is 2.89. The number of furan rings is 1. The number of amides is 1. The van der Waals surface area contributed by atoms with E-state index < -0.39 is 23.5 Å². The molecule has 2 heterocycles. The Hall–Kier alpha value is -2.68. The maximum absolute atomic E-state index is 12.1. The van der Waals surface area contributed by atoms with Gasteiger partial charge in [0.25, 0.3) is 11.5 Å². The Morgan fingerprint density at radius 2 is 2.24 bits per heavy atom. The zero-order chi connectivity index (χ0) is 15.6. The van der Waals surface area contributed by atoms with E-state index >= 15 is 0 Å². The Labute approximate surface area is 117 Å². The van der Waals surface area contributed by atoms with E-state index in [1.807, 2.05) is 0 Å². The molecule has 0 bridgehead atoms. The quantitative estimate of drug-likeness (QED) is 0.575. The van der Waals surface area contributed by atoms with Gasteiger partial charge in [0, 0.05) is 13.0 Å². The molecule has 0 radical (unpaired) electrons. The number of aryl methyl sites for hydroxylation is 1. The number of carboxylic acids is 1. The molecule has 9 nitrogen and oxygen atoms in total. The van der Waals surface area contributed by atoms with Gasteiger partial charge in [-0.15, -0.1) is 0 Å². The molecular formula is C12H13N3O6. The Morgan fingerprint density at radius 1 is 1.52 bits per heavy atom. The molecule has 2 aromatic heterocycles. The van der Waals surface area contributed by atoms with Crippen molar-refractivity contribution >= 4 is 23.0 Å². The molecule has 0 saturated carbocycles. The molecule has 2 rings (SSSR count). The van der Waals surface area contributed by atoms with Crippen LogP contribution in [0.25, 0.3) is 11.1 Å². The third-order valence-electron chi connectivity index (χ3n) is 2.89. The standard InChI is InChI=1S/C12H13N3O6/c1-5-7(8-10(18)14-4-15-11(8)21-5)9(17)13-3-2-6(16)12(19)20/h4,6,16H,2-3H2,1H3,(H,13,17)(H,19,20)(H,14,15,18)/t6-/m0/s1. The molecule has 1 atom stereocenters. The summed E-state index contributed by atoms with van der Waals surface area (Å²) in [7, 11) is 0. The number of hydrogen-bond acceptors (Lipinski definition) is 6. The molecule has 4 N–H and O–H groups in total. The first kappa shape index (κ1) is 14.7. The van der Waals surface area contributed by atoms with E-state index in [0.29, 0.717) is 0 Å². The first-order valence-corrected chi connectivity index (χ1v) is 6.07. The van der Waals surface area contributed by atoms with Crippen LogP contribution in [0.2, 0.25) is 0 Å². The summed E-state index contributed by atoms with van der Waals surface area (Å²) in [5.74, 6) is -1.73. The van der Waals surface area contributed by atoms with Crippen LogP contribution >= 0.6 is 0 Å². The van der Waals surface area contributed by atoms with E-state index in [2.05, 4.69) is 15.3 Å². The van der Waals surface area contributed by atoms with Gasteiger partial charge in [-0.2, -0.15) is 0 Å². The minimum Gasteiger partial charge on any atom is -0.479 e. The lowest BCUT2D eigenvalue weighted by Gasteiger charge is -2.06. The number of rotatable bonds is 5. The Bertz CT molecular complexity index is 747. The molecule has 0 spiro atoms. The highest BCUT2D eigenvalue weighted by atomic mass is 16.4. The van der Waals surface area contributed by atoms with Crippen molar-refractivity contribution in [1.29, 1.82) is 0 Å². The van der Waals surface area contributed by atoms with Gasteiger partial charge in [-0.1, -0.05) is 0 Å². The maximum Gasteiger partial charge on any atom is 0.332 e. The van der Waals surface area contributed by atoms with Crippen molar-refractivity contribution in [3.8, 4) is 0 Å². The van der Waals surface area contributed by atoms with Crippen LogP contribution in [0.1, 0.15) is 22.5 Å². The number of aliphatic carboxylic acids is 1. The molecule has 0 fully saturated rings. The van der Waals surface area contributed by atoms with Crippen molar-refractivity contribution in [2.75, 3.05) is 6.54 Å². The first-order chi connectivity index (χ1) is 9.91. The van der Waals surface area contributed by atoms with Crippen LogP contribution in [-0.2, 0) is 4.79 Å². The third kappa shape index (κ3) is 2.92. The number of carboxylic acid groups (broad SMARTS) is 1. The highest BCUT2D eigenvalue weighted by molar-refractivity contribution is 6.06. The fourth-order valence-electron chi connectivity index (χ4n) is 1.86. The van der Waals surface area contributed by atoms with Gasteiger partial charge in [0.05, 0.1) is 11.9 Å². The van der Waals surface area contributed by atoms with Gasteiger partial charge in [-0.25, -0.2) is 9.78 Å². The number of fused-ring (bicyclic) bond motifs is 1. The molecule has 112 valence electrons. The fraction of sp³-hybridized carbons (Fsp3) is 0.333. The van der Waals surface area contributed by atoms with Crippen molar-refractivity contribution in [1.82, 2.24) is 15.3 Å². The zero-order valence-electron chi connectivity index (χ0n) is 11.0. The molecular weight excluding hydrogens is 282 g/mol. The van der Waals surface area contributed by atoms with E-state index in [0.717, 1.165) is 0 Å². The number of carbonyl (C=O) groups excluding carboxylic acids is 1.